The second-order valence-electron chi connectivity index (χ2n) is 3.15. The summed E-state index contributed by atoms with van der Waals surface area (Å²) in [4.78, 5) is 0. The first kappa shape index (κ1) is 11.9. The van der Waals surface area contributed by atoms with Crippen molar-refractivity contribution < 1.29 is 0 Å². The first-order valence-corrected chi connectivity index (χ1v) is 8.94. The van der Waals surface area contributed by atoms with Crippen LogP contribution in [0.1, 0.15) is 0 Å². The summed E-state index contributed by atoms with van der Waals surface area (Å²) in [6.45, 7) is 2.14. The second-order valence-corrected chi connectivity index (χ2v) is 5.13. The van der Waals surface area contributed by atoms with E-state index in [1.807, 2.05) is 0 Å². The highest BCUT2D eigenvalue weighted by molar-refractivity contribution is 6.67. The number of hydrogen-bond acceptors (Lipinski definition) is 0. The highest BCUT2D eigenvalue weighted by Crippen LogP contribution is 1.84. The maximum atomic E-state index is 2.22. The second kappa shape index (κ2) is 7.20. The van der Waals surface area contributed by atoms with Crippen LogP contribution in [0.4, 0.5) is 0 Å². The summed E-state index contributed by atoms with van der Waals surface area (Å²) < 4.78 is 0. The predicted octanol–water partition coefficient (Wildman–Crippen LogP) is 0.206. The van der Waals surface area contributed by atoms with Gasteiger partial charge in [0.15, 0.2) is 0 Å². The maximum Gasteiger partial charge on any atom is 0.0875 e. The van der Waals surface area contributed by atoms with E-state index in [0.29, 0.717) is 0 Å². The zero-order valence-electron chi connectivity index (χ0n) is 9.48. The lowest BCUT2D eigenvalue weighted by Gasteiger charge is -1.99. The molecule has 2 rings (SSSR count). The van der Waals surface area contributed by atoms with Crippen molar-refractivity contribution in [3.05, 3.63) is 60.7 Å². The third kappa shape index (κ3) is 4.27. The van der Waals surface area contributed by atoms with Gasteiger partial charge in [0.2, 0.25) is 0 Å². The smallest absolute Gasteiger partial charge is 0.0777 e. The summed E-state index contributed by atoms with van der Waals surface area (Å²) in [6.07, 6.45) is 0. The van der Waals surface area contributed by atoms with Crippen LogP contribution in [0.2, 0.25) is 6.55 Å². The van der Waals surface area contributed by atoms with Crippen molar-refractivity contribution in [1.82, 2.24) is 0 Å². The van der Waals surface area contributed by atoms with Crippen LogP contribution in [0.3, 0.4) is 0 Å². The quantitative estimate of drug-likeness (QED) is 0.647. The van der Waals surface area contributed by atoms with Crippen LogP contribution in [-0.2, 0) is 0 Å². The standard InChI is InChI=1S/C12H12Si.CH6Si/c1-3-7-11(8-4-1)13-12-9-5-2-6-10-12;1-2/h1-10H,13H2;1-2H3. The van der Waals surface area contributed by atoms with Gasteiger partial charge in [-0.1, -0.05) is 77.6 Å². The van der Waals surface area contributed by atoms with Gasteiger partial charge < -0.3 is 0 Å². The monoisotopic (exact) mass is 230 g/mol. The molecule has 0 N–H and O–H groups in total. The molecule has 15 heavy (non-hydrogen) atoms. The summed E-state index contributed by atoms with van der Waals surface area (Å²) in [5.41, 5.74) is 0. The number of benzene rings is 2. The van der Waals surface area contributed by atoms with Crippen LogP contribution in [0.25, 0.3) is 0 Å². The Kier molecular flexibility index (Phi) is 5.74. The van der Waals surface area contributed by atoms with E-state index >= 15 is 0 Å². The van der Waals surface area contributed by atoms with Gasteiger partial charge in [-0.15, -0.1) is 0 Å². The third-order valence-electron chi connectivity index (χ3n) is 2.09. The maximum absolute atomic E-state index is 2.22. The van der Waals surface area contributed by atoms with Crippen molar-refractivity contribution in [2.75, 3.05) is 0 Å². The molecule has 0 unspecified atom stereocenters. The molecule has 0 aliphatic carbocycles. The summed E-state index contributed by atoms with van der Waals surface area (Å²) >= 11 is 0. The van der Waals surface area contributed by atoms with E-state index in [9.17, 15) is 0 Å². The van der Waals surface area contributed by atoms with Crippen molar-refractivity contribution in [3.63, 3.8) is 0 Å². The first-order chi connectivity index (χ1) is 7.45. The van der Waals surface area contributed by atoms with Gasteiger partial charge >= 0.3 is 0 Å². The highest BCUT2D eigenvalue weighted by atomic mass is 28.2. The molecule has 0 bridgehead atoms. The average molecular weight is 230 g/mol. The molecule has 0 aliphatic rings. The Morgan fingerprint density at radius 3 is 1.33 bits per heavy atom. The van der Waals surface area contributed by atoms with E-state index in [2.05, 4.69) is 67.2 Å². The summed E-state index contributed by atoms with van der Waals surface area (Å²) in [7, 11) is 1.07. The largest absolute Gasteiger partial charge is 0.0875 e. The minimum atomic E-state index is -0.234. The Labute approximate surface area is 97.6 Å². The van der Waals surface area contributed by atoms with Gasteiger partial charge in [0, 0.05) is 0 Å². The zero-order chi connectivity index (χ0) is 10.9. The Balaban J connectivity index is 0.000000531. The first-order valence-electron chi connectivity index (χ1n) is 5.53. The molecule has 2 heteroatoms. The van der Waals surface area contributed by atoms with Crippen LogP contribution in [0.15, 0.2) is 60.7 Å². The van der Waals surface area contributed by atoms with Crippen LogP contribution in [0.5, 0.6) is 0 Å². The molecular weight excluding hydrogens is 212 g/mol. The number of rotatable bonds is 2. The van der Waals surface area contributed by atoms with E-state index in [4.69, 9.17) is 0 Å². The molecule has 0 fully saturated rings. The van der Waals surface area contributed by atoms with Gasteiger partial charge in [0.05, 0.1) is 9.52 Å². The highest BCUT2D eigenvalue weighted by Gasteiger charge is 1.93. The fourth-order valence-corrected chi connectivity index (χ4v) is 2.91. The Bertz CT molecular complexity index is 319. The number of hydrogen-bond donors (Lipinski definition) is 0. The molecule has 0 saturated carbocycles. The molecule has 0 saturated heterocycles. The average Bonchev–Trinajstić information content (AvgIpc) is 2.34. The molecule has 0 atom stereocenters. The molecule has 0 spiro atoms. The van der Waals surface area contributed by atoms with Crippen molar-refractivity contribution in [3.8, 4) is 0 Å². The normalized spacial score (nSPS) is 9.13. The predicted molar refractivity (Wildman–Crippen MR) is 76.5 cm³/mol. The van der Waals surface area contributed by atoms with Gasteiger partial charge in [-0.2, -0.15) is 0 Å². The summed E-state index contributed by atoms with van der Waals surface area (Å²) in [5, 5.41) is 3.02. The van der Waals surface area contributed by atoms with Crippen molar-refractivity contribution in [1.29, 1.82) is 0 Å². The summed E-state index contributed by atoms with van der Waals surface area (Å²) in [6, 6.07) is 21.5. The molecule has 0 heterocycles. The summed E-state index contributed by atoms with van der Waals surface area (Å²) in [5.74, 6) is 0. The van der Waals surface area contributed by atoms with Gasteiger partial charge in [0.1, 0.15) is 0 Å². The lowest BCUT2D eigenvalue weighted by atomic mass is 10.4. The molecule has 0 aliphatic heterocycles. The topological polar surface area (TPSA) is 0 Å². The van der Waals surface area contributed by atoms with E-state index in [1.54, 1.807) is 0 Å². The molecule has 0 nitrogen and oxygen atoms in total. The molecule has 2 aromatic carbocycles. The third-order valence-corrected chi connectivity index (χ3v) is 3.85. The van der Waals surface area contributed by atoms with Crippen molar-refractivity contribution in [2.45, 2.75) is 6.55 Å². The Morgan fingerprint density at radius 1 is 0.667 bits per heavy atom. The molecular formula is C13H18Si2. The van der Waals surface area contributed by atoms with Crippen molar-refractivity contribution >= 4 is 30.1 Å². The molecule has 0 aromatic heterocycles. The van der Waals surface area contributed by atoms with E-state index in [1.165, 1.54) is 20.6 Å². The van der Waals surface area contributed by atoms with Crippen molar-refractivity contribution in [2.24, 2.45) is 0 Å². The van der Waals surface area contributed by atoms with E-state index in [0.717, 1.165) is 0 Å². The van der Waals surface area contributed by atoms with Crippen LogP contribution in [0, 0.1) is 0 Å². The molecule has 2 aromatic rings. The van der Waals surface area contributed by atoms with E-state index in [-0.39, 0.29) is 9.52 Å². The van der Waals surface area contributed by atoms with Gasteiger partial charge in [0.25, 0.3) is 0 Å². The van der Waals surface area contributed by atoms with Gasteiger partial charge in [-0.25, -0.2) is 0 Å². The lowest BCUT2D eigenvalue weighted by Crippen LogP contribution is -2.26. The van der Waals surface area contributed by atoms with E-state index < -0.39 is 0 Å². The van der Waals surface area contributed by atoms with Gasteiger partial charge in [-0.3, -0.25) is 0 Å². The molecule has 78 valence electrons. The minimum Gasteiger partial charge on any atom is -0.0777 e. The van der Waals surface area contributed by atoms with Crippen LogP contribution in [-0.4, -0.2) is 19.8 Å². The van der Waals surface area contributed by atoms with Gasteiger partial charge in [-0.05, 0) is 10.2 Å². The van der Waals surface area contributed by atoms with Crippen LogP contribution >= 0.6 is 0 Å². The fourth-order valence-electron chi connectivity index (χ4n) is 1.43. The molecule has 0 amide bonds. The minimum absolute atomic E-state index is 0.234. The molecule has 0 radical (unpaired) electrons. The Hall–Kier alpha value is -1.13. The fraction of sp³-hybridized carbons (Fsp3) is 0.0769. The SMILES string of the molecule is C[SiH3].c1ccc([SiH2]c2ccccc2)cc1. The Morgan fingerprint density at radius 2 is 1.00 bits per heavy atom. The zero-order valence-corrected chi connectivity index (χ0v) is 12.9. The van der Waals surface area contributed by atoms with Crippen LogP contribution < -0.4 is 10.4 Å². The lowest BCUT2D eigenvalue weighted by molar-refractivity contribution is 1.75.